The van der Waals surface area contributed by atoms with E-state index in [0.717, 1.165) is 44.6 Å². The second-order valence-corrected chi connectivity index (χ2v) is 5.48. The Labute approximate surface area is 109 Å². The van der Waals surface area contributed by atoms with Crippen LogP contribution in [0.3, 0.4) is 0 Å². The van der Waals surface area contributed by atoms with Gasteiger partial charge in [0.25, 0.3) is 0 Å². The number of aliphatic hydroxyl groups is 1. The van der Waals surface area contributed by atoms with E-state index in [2.05, 4.69) is 17.0 Å². The van der Waals surface area contributed by atoms with Gasteiger partial charge in [0.15, 0.2) is 0 Å². The zero-order chi connectivity index (χ0) is 13.0. The molecule has 1 aliphatic heterocycles. The third-order valence-corrected chi connectivity index (χ3v) is 3.70. The summed E-state index contributed by atoms with van der Waals surface area (Å²) < 4.78 is 5.24. The predicted molar refractivity (Wildman–Crippen MR) is 72.7 cm³/mol. The fourth-order valence-electron chi connectivity index (χ4n) is 2.51. The van der Waals surface area contributed by atoms with Gasteiger partial charge in [-0.2, -0.15) is 0 Å². The van der Waals surface area contributed by atoms with E-state index in [4.69, 9.17) is 4.74 Å². The van der Waals surface area contributed by atoms with Gasteiger partial charge in [-0.1, -0.05) is 12.1 Å². The van der Waals surface area contributed by atoms with Gasteiger partial charge in [0.2, 0.25) is 0 Å². The average molecular weight is 249 g/mol. The van der Waals surface area contributed by atoms with Crippen LogP contribution >= 0.6 is 0 Å². The average Bonchev–Trinajstić information content (AvgIpc) is 2.51. The van der Waals surface area contributed by atoms with Crippen LogP contribution in [0.1, 0.15) is 31.7 Å². The number of benzene rings is 1. The van der Waals surface area contributed by atoms with Gasteiger partial charge in [0.05, 0.1) is 12.7 Å². The van der Waals surface area contributed by atoms with Crippen molar-refractivity contribution >= 4 is 0 Å². The van der Waals surface area contributed by atoms with Crippen molar-refractivity contribution in [2.24, 2.45) is 0 Å². The van der Waals surface area contributed by atoms with E-state index in [9.17, 15) is 5.11 Å². The highest BCUT2D eigenvalue weighted by Gasteiger charge is 2.24. The molecule has 0 saturated carbocycles. The largest absolute Gasteiger partial charge is 0.497 e. The van der Waals surface area contributed by atoms with Crippen molar-refractivity contribution in [3.05, 3.63) is 29.8 Å². The van der Waals surface area contributed by atoms with Crippen molar-refractivity contribution < 1.29 is 9.84 Å². The molecule has 1 atom stereocenters. The quantitative estimate of drug-likeness (QED) is 0.893. The first kappa shape index (κ1) is 13.4. The highest BCUT2D eigenvalue weighted by molar-refractivity contribution is 5.28. The second kappa shape index (κ2) is 5.72. The molecule has 2 rings (SSSR count). The molecule has 1 heterocycles. The van der Waals surface area contributed by atoms with Gasteiger partial charge in [-0.25, -0.2) is 0 Å². The summed E-state index contributed by atoms with van der Waals surface area (Å²) in [6.45, 7) is 4.91. The Bertz CT molecular complexity index is 390. The Kier molecular flexibility index (Phi) is 4.25. The van der Waals surface area contributed by atoms with Crippen molar-refractivity contribution in [2.75, 3.05) is 20.2 Å². The molecule has 3 nitrogen and oxygen atoms in total. The summed E-state index contributed by atoms with van der Waals surface area (Å²) >= 11 is 0. The zero-order valence-corrected chi connectivity index (χ0v) is 11.4. The monoisotopic (exact) mass is 249 g/mol. The summed E-state index contributed by atoms with van der Waals surface area (Å²) in [7, 11) is 1.70. The van der Waals surface area contributed by atoms with E-state index in [1.807, 2.05) is 19.1 Å². The number of likely N-dealkylation sites (tertiary alicyclic amines) is 1. The van der Waals surface area contributed by atoms with Crippen LogP contribution < -0.4 is 4.74 Å². The maximum Gasteiger partial charge on any atom is 0.119 e. The van der Waals surface area contributed by atoms with Crippen LogP contribution in [0.2, 0.25) is 0 Å². The maximum atomic E-state index is 10.1. The normalized spacial score (nSPS) is 25.7. The number of hydrogen-bond donors (Lipinski definition) is 1. The Morgan fingerprint density at radius 2 is 2.17 bits per heavy atom. The summed E-state index contributed by atoms with van der Waals surface area (Å²) in [5.41, 5.74) is 0.791. The minimum absolute atomic E-state index is 0.483. The summed E-state index contributed by atoms with van der Waals surface area (Å²) in [5, 5.41) is 10.1. The smallest absolute Gasteiger partial charge is 0.119 e. The molecular formula is C15H23NO2. The van der Waals surface area contributed by atoms with Gasteiger partial charge in [0, 0.05) is 13.1 Å². The molecule has 3 heteroatoms. The fourth-order valence-corrected chi connectivity index (χ4v) is 2.51. The summed E-state index contributed by atoms with van der Waals surface area (Å²) in [6.07, 6.45) is 2.83. The second-order valence-electron chi connectivity index (χ2n) is 5.48. The van der Waals surface area contributed by atoms with Crippen LogP contribution in [0.15, 0.2) is 24.3 Å². The third kappa shape index (κ3) is 3.72. The van der Waals surface area contributed by atoms with Crippen LogP contribution in [-0.2, 0) is 6.54 Å². The van der Waals surface area contributed by atoms with Crippen molar-refractivity contribution in [2.45, 2.75) is 38.3 Å². The molecule has 0 bridgehead atoms. The van der Waals surface area contributed by atoms with Gasteiger partial charge in [-0.3, -0.25) is 4.90 Å². The molecule has 100 valence electrons. The van der Waals surface area contributed by atoms with Gasteiger partial charge in [0.1, 0.15) is 5.75 Å². The lowest BCUT2D eigenvalue weighted by molar-refractivity contribution is 0.0444. The molecular weight excluding hydrogens is 226 g/mol. The van der Waals surface area contributed by atoms with E-state index in [1.54, 1.807) is 7.11 Å². The summed E-state index contributed by atoms with van der Waals surface area (Å²) in [5.74, 6) is 0.911. The molecule has 0 aliphatic carbocycles. The number of hydrogen-bond acceptors (Lipinski definition) is 3. The van der Waals surface area contributed by atoms with E-state index < -0.39 is 5.60 Å². The van der Waals surface area contributed by atoms with E-state index >= 15 is 0 Å². The van der Waals surface area contributed by atoms with E-state index in [1.165, 1.54) is 5.56 Å². The van der Waals surface area contributed by atoms with Crippen LogP contribution in [0.4, 0.5) is 0 Å². The first-order valence-electron chi connectivity index (χ1n) is 6.67. The van der Waals surface area contributed by atoms with Gasteiger partial charge >= 0.3 is 0 Å². The molecule has 1 aliphatic rings. The molecule has 0 amide bonds. The van der Waals surface area contributed by atoms with Crippen LogP contribution in [0, 0.1) is 0 Å². The molecule has 1 aromatic rings. The van der Waals surface area contributed by atoms with Crippen LogP contribution in [-0.4, -0.2) is 35.8 Å². The first-order chi connectivity index (χ1) is 8.59. The Morgan fingerprint density at radius 3 is 2.94 bits per heavy atom. The molecule has 0 spiro atoms. The van der Waals surface area contributed by atoms with Gasteiger partial charge in [-0.15, -0.1) is 0 Å². The maximum absolute atomic E-state index is 10.1. The van der Waals surface area contributed by atoms with Gasteiger partial charge < -0.3 is 9.84 Å². The van der Waals surface area contributed by atoms with Crippen molar-refractivity contribution in [3.63, 3.8) is 0 Å². The standard InChI is InChI=1S/C15H23NO2/c1-15(17)7-4-9-16(10-8-15)12-13-5-3-6-14(11-13)18-2/h3,5-6,11,17H,4,7-10,12H2,1-2H3. The van der Waals surface area contributed by atoms with E-state index in [0.29, 0.717) is 0 Å². The molecule has 1 saturated heterocycles. The Balaban J connectivity index is 1.96. The predicted octanol–water partition coefficient (Wildman–Crippen LogP) is 2.43. The molecule has 0 radical (unpaired) electrons. The Hall–Kier alpha value is -1.06. The summed E-state index contributed by atoms with van der Waals surface area (Å²) in [6, 6.07) is 8.22. The molecule has 1 N–H and O–H groups in total. The van der Waals surface area contributed by atoms with Crippen molar-refractivity contribution in [1.29, 1.82) is 0 Å². The minimum atomic E-state index is -0.483. The molecule has 0 aromatic heterocycles. The zero-order valence-electron chi connectivity index (χ0n) is 11.4. The number of methoxy groups -OCH3 is 1. The van der Waals surface area contributed by atoms with E-state index in [-0.39, 0.29) is 0 Å². The summed E-state index contributed by atoms with van der Waals surface area (Å²) in [4.78, 5) is 2.41. The minimum Gasteiger partial charge on any atom is -0.497 e. The SMILES string of the molecule is COc1cccc(CN2CCCC(C)(O)CC2)c1. The molecule has 18 heavy (non-hydrogen) atoms. The number of rotatable bonds is 3. The molecule has 1 aromatic carbocycles. The third-order valence-electron chi connectivity index (χ3n) is 3.70. The number of ether oxygens (including phenoxy) is 1. The lowest BCUT2D eigenvalue weighted by Crippen LogP contribution is -2.28. The van der Waals surface area contributed by atoms with Crippen molar-refractivity contribution in [3.8, 4) is 5.75 Å². The van der Waals surface area contributed by atoms with Crippen LogP contribution in [0.25, 0.3) is 0 Å². The van der Waals surface area contributed by atoms with Crippen molar-refractivity contribution in [1.82, 2.24) is 4.90 Å². The van der Waals surface area contributed by atoms with Gasteiger partial charge in [-0.05, 0) is 50.4 Å². The highest BCUT2D eigenvalue weighted by atomic mass is 16.5. The first-order valence-corrected chi connectivity index (χ1v) is 6.67. The highest BCUT2D eigenvalue weighted by Crippen LogP contribution is 2.23. The Morgan fingerprint density at radius 1 is 1.33 bits per heavy atom. The lowest BCUT2D eigenvalue weighted by Gasteiger charge is -2.22. The van der Waals surface area contributed by atoms with Crippen LogP contribution in [0.5, 0.6) is 5.75 Å². The molecule has 1 fully saturated rings. The number of nitrogens with zero attached hydrogens (tertiary/aromatic N) is 1. The fraction of sp³-hybridized carbons (Fsp3) is 0.600. The topological polar surface area (TPSA) is 32.7 Å². The molecule has 1 unspecified atom stereocenters. The lowest BCUT2D eigenvalue weighted by atomic mass is 9.98.